The third kappa shape index (κ3) is 9.93. The summed E-state index contributed by atoms with van der Waals surface area (Å²) >= 11 is 1.46. The summed E-state index contributed by atoms with van der Waals surface area (Å²) in [6, 6.07) is -1.95. The highest BCUT2D eigenvalue weighted by Gasteiger charge is 2.42. The summed E-state index contributed by atoms with van der Waals surface area (Å²) in [4.78, 5) is 59.8. The monoisotopic (exact) mass is 640 g/mol. The number of hydrogen-bond acceptors (Lipinski definition) is 10. The second kappa shape index (κ2) is 17.2. The van der Waals surface area contributed by atoms with Crippen molar-refractivity contribution in [3.63, 3.8) is 0 Å². The van der Waals surface area contributed by atoms with Gasteiger partial charge in [0.15, 0.2) is 0 Å². The Hall–Kier alpha value is -2.65. The predicted molar refractivity (Wildman–Crippen MR) is 167 cm³/mol. The number of nitrogens with one attached hydrogen (secondary N) is 2. The summed E-state index contributed by atoms with van der Waals surface area (Å²) < 4.78 is 11.7. The van der Waals surface area contributed by atoms with E-state index in [0.717, 1.165) is 17.8 Å². The largest absolute Gasteiger partial charge is 0.388 e. The number of aliphatic hydroxyl groups is 1. The number of hydrogen-bond donors (Lipinski definition) is 4. The van der Waals surface area contributed by atoms with Crippen LogP contribution in [0.1, 0.15) is 65.3 Å². The van der Waals surface area contributed by atoms with E-state index in [1.54, 1.807) is 32.2 Å². The van der Waals surface area contributed by atoms with Crippen molar-refractivity contribution >= 4 is 35.0 Å². The van der Waals surface area contributed by atoms with Crippen molar-refractivity contribution in [1.82, 2.24) is 25.4 Å². The molecule has 250 valence electrons. The number of ether oxygens (including phenoxy) is 2. The first-order valence-electron chi connectivity index (χ1n) is 15.2. The first kappa shape index (κ1) is 37.5. The molecule has 1 aliphatic heterocycles. The molecule has 1 aliphatic rings. The van der Waals surface area contributed by atoms with E-state index in [0.29, 0.717) is 19.5 Å². The van der Waals surface area contributed by atoms with E-state index < -0.39 is 41.7 Å². The maximum Gasteiger partial charge on any atom is 0.242 e. The first-order valence-corrected chi connectivity index (χ1v) is 16.1. The minimum atomic E-state index is -1.45. The van der Waals surface area contributed by atoms with Gasteiger partial charge in [0.1, 0.15) is 11.0 Å². The lowest BCUT2D eigenvalue weighted by molar-refractivity contribution is -0.146. The van der Waals surface area contributed by atoms with E-state index in [1.807, 2.05) is 19.2 Å². The van der Waals surface area contributed by atoms with Crippen molar-refractivity contribution in [2.45, 2.75) is 103 Å². The maximum absolute atomic E-state index is 13.8. The van der Waals surface area contributed by atoms with Gasteiger partial charge >= 0.3 is 0 Å². The molecular weight excluding hydrogens is 588 g/mol. The second-order valence-corrected chi connectivity index (χ2v) is 13.1. The standard InChI is InChI=1S/C30H52N6O7S/c1-9-18(2)25(35(6)24(38)17-34-29(40)27(31)30(4,5)41)21(42-7)15-23(37)36-13-10-11-20(36)26(43-8)19(3)28(39)33-16-22-32-12-14-44-22/h12,14,18-21,25-27,41H,9-11,13,15-17,31H2,1-8H3,(H,33,39)(H,34,40). The minimum Gasteiger partial charge on any atom is -0.388 e. The number of methoxy groups -OCH3 is 2. The van der Waals surface area contributed by atoms with Crippen LogP contribution < -0.4 is 16.4 Å². The Morgan fingerprint density at radius 3 is 2.43 bits per heavy atom. The molecule has 1 aromatic heterocycles. The van der Waals surface area contributed by atoms with Crippen LogP contribution >= 0.6 is 11.3 Å². The van der Waals surface area contributed by atoms with Gasteiger partial charge in [-0.3, -0.25) is 19.2 Å². The molecule has 1 saturated heterocycles. The third-order valence-corrected chi connectivity index (χ3v) is 9.44. The quantitative estimate of drug-likeness (QED) is 0.193. The molecule has 13 nitrogen and oxygen atoms in total. The van der Waals surface area contributed by atoms with Crippen molar-refractivity contribution < 1.29 is 33.8 Å². The lowest BCUT2D eigenvalue weighted by atomic mass is 9.90. The van der Waals surface area contributed by atoms with Crippen LogP contribution in [0, 0.1) is 11.8 Å². The Balaban J connectivity index is 2.12. The average molecular weight is 641 g/mol. The van der Waals surface area contributed by atoms with Gasteiger partial charge in [0.2, 0.25) is 23.6 Å². The molecule has 0 bridgehead atoms. The summed E-state index contributed by atoms with van der Waals surface area (Å²) in [6.45, 7) is 9.17. The fourth-order valence-electron chi connectivity index (χ4n) is 5.71. The number of rotatable bonds is 17. The maximum atomic E-state index is 13.8. The number of carbonyl (C=O) groups is 4. The van der Waals surface area contributed by atoms with Crippen LogP contribution in [0.15, 0.2) is 11.6 Å². The highest BCUT2D eigenvalue weighted by Crippen LogP contribution is 2.29. The van der Waals surface area contributed by atoms with E-state index in [2.05, 4.69) is 15.6 Å². The fraction of sp³-hybridized carbons (Fsp3) is 0.767. The molecule has 2 rings (SSSR count). The van der Waals surface area contributed by atoms with Gasteiger partial charge in [-0.15, -0.1) is 11.3 Å². The van der Waals surface area contributed by atoms with E-state index in [-0.39, 0.29) is 42.6 Å². The van der Waals surface area contributed by atoms with Crippen molar-refractivity contribution in [3.05, 3.63) is 16.6 Å². The molecule has 44 heavy (non-hydrogen) atoms. The molecule has 7 unspecified atom stereocenters. The number of nitrogens with zero attached hydrogens (tertiary/aromatic N) is 3. The number of likely N-dealkylation sites (N-methyl/N-ethyl adjacent to an activating group) is 1. The molecule has 0 radical (unpaired) electrons. The van der Waals surface area contributed by atoms with Gasteiger partial charge in [0.25, 0.3) is 0 Å². The van der Waals surface area contributed by atoms with Crippen LogP contribution in [0.3, 0.4) is 0 Å². The van der Waals surface area contributed by atoms with Crippen LogP contribution in [0.5, 0.6) is 0 Å². The summed E-state index contributed by atoms with van der Waals surface area (Å²) in [5.74, 6) is -1.87. The summed E-state index contributed by atoms with van der Waals surface area (Å²) in [5, 5.41) is 18.1. The van der Waals surface area contributed by atoms with Gasteiger partial charge in [-0.05, 0) is 32.6 Å². The highest BCUT2D eigenvalue weighted by molar-refractivity contribution is 7.09. The average Bonchev–Trinajstić information content (AvgIpc) is 3.70. The number of thiazole rings is 1. The number of nitrogens with two attached hydrogens (primary N) is 1. The van der Waals surface area contributed by atoms with Crippen molar-refractivity contribution in [1.29, 1.82) is 0 Å². The van der Waals surface area contributed by atoms with Gasteiger partial charge < -0.3 is 40.7 Å². The van der Waals surface area contributed by atoms with Gasteiger partial charge in [-0.25, -0.2) is 4.98 Å². The van der Waals surface area contributed by atoms with E-state index in [1.165, 1.54) is 37.2 Å². The number of aromatic nitrogens is 1. The Bertz CT molecular complexity index is 1080. The molecule has 7 atom stereocenters. The molecule has 0 aromatic carbocycles. The van der Waals surface area contributed by atoms with Crippen molar-refractivity contribution in [2.24, 2.45) is 17.6 Å². The highest BCUT2D eigenvalue weighted by atomic mass is 32.1. The molecule has 0 spiro atoms. The molecule has 2 heterocycles. The SMILES string of the molecule is CCC(C)C(C(CC(=O)N1CCCC1C(OC)C(C)C(=O)NCc1nccs1)OC)N(C)C(=O)CNC(=O)C(N)C(C)(C)O. The van der Waals surface area contributed by atoms with Crippen LogP contribution in [0.2, 0.25) is 0 Å². The Labute approximate surface area is 265 Å². The second-order valence-electron chi connectivity index (χ2n) is 12.1. The van der Waals surface area contributed by atoms with Crippen molar-refractivity contribution in [3.8, 4) is 0 Å². The number of likely N-dealkylation sites (tertiary alicyclic amines) is 1. The van der Waals surface area contributed by atoms with Crippen molar-refractivity contribution in [2.75, 3.05) is 34.4 Å². The van der Waals surface area contributed by atoms with Crippen LogP contribution in [-0.4, -0.2) is 114 Å². The van der Waals surface area contributed by atoms with E-state index >= 15 is 0 Å². The topological polar surface area (TPSA) is 176 Å². The Morgan fingerprint density at radius 1 is 1.20 bits per heavy atom. The lowest BCUT2D eigenvalue weighted by Gasteiger charge is -2.39. The smallest absolute Gasteiger partial charge is 0.242 e. The molecule has 5 N–H and O–H groups in total. The third-order valence-electron chi connectivity index (χ3n) is 8.66. The molecule has 0 saturated carbocycles. The number of carbonyl (C=O) groups excluding carboxylic acids is 4. The van der Waals surface area contributed by atoms with Crippen LogP contribution in [0.25, 0.3) is 0 Å². The van der Waals surface area contributed by atoms with Gasteiger partial charge in [0.05, 0.1) is 55.3 Å². The van der Waals surface area contributed by atoms with Gasteiger partial charge in [-0.1, -0.05) is 27.2 Å². The Kier molecular flexibility index (Phi) is 14.6. The fourth-order valence-corrected chi connectivity index (χ4v) is 6.26. The normalized spacial score (nSPS) is 19.4. The molecular formula is C30H52N6O7S. The van der Waals surface area contributed by atoms with Crippen LogP contribution in [-0.2, 0) is 35.2 Å². The number of amides is 4. The lowest BCUT2D eigenvalue weighted by Crippen LogP contribution is -2.57. The summed E-state index contributed by atoms with van der Waals surface area (Å²) in [7, 11) is 4.70. The first-order chi connectivity index (χ1) is 20.7. The Morgan fingerprint density at radius 2 is 1.89 bits per heavy atom. The van der Waals surface area contributed by atoms with Gasteiger partial charge in [-0.2, -0.15) is 0 Å². The van der Waals surface area contributed by atoms with E-state index in [9.17, 15) is 24.3 Å². The van der Waals surface area contributed by atoms with E-state index in [4.69, 9.17) is 15.2 Å². The minimum absolute atomic E-state index is 0.0244. The molecule has 1 fully saturated rings. The predicted octanol–water partition coefficient (Wildman–Crippen LogP) is 0.894. The zero-order valence-corrected chi connectivity index (χ0v) is 28.2. The van der Waals surface area contributed by atoms with Crippen LogP contribution in [0.4, 0.5) is 0 Å². The molecule has 14 heteroatoms. The summed E-state index contributed by atoms with van der Waals surface area (Å²) in [5.41, 5.74) is 4.35. The summed E-state index contributed by atoms with van der Waals surface area (Å²) in [6.07, 6.45) is 2.78. The van der Waals surface area contributed by atoms with Gasteiger partial charge in [0, 0.05) is 39.4 Å². The molecule has 1 aromatic rings. The zero-order valence-electron chi connectivity index (χ0n) is 27.4. The molecule has 4 amide bonds. The zero-order chi connectivity index (χ0) is 33.2. The molecule has 0 aliphatic carbocycles.